The zero-order chi connectivity index (χ0) is 13.8. The Morgan fingerprint density at radius 1 is 1.42 bits per heavy atom. The average molecular weight is 282 g/mol. The fraction of sp³-hybridized carbons (Fsp3) is 0.615. The topological polar surface area (TPSA) is 79.3 Å². The average Bonchev–Trinajstić information content (AvgIpc) is 2.83. The van der Waals surface area contributed by atoms with Gasteiger partial charge in [-0.25, -0.2) is 4.98 Å². The molecule has 1 saturated carbocycles. The molecule has 0 spiro atoms. The van der Waals surface area contributed by atoms with Crippen LogP contribution < -0.4 is 5.32 Å². The maximum atomic E-state index is 11.9. The second-order valence-electron chi connectivity index (χ2n) is 5.03. The number of nitrogens with one attached hydrogen (secondary N) is 1. The highest BCUT2D eigenvalue weighted by Gasteiger charge is 2.26. The van der Waals surface area contributed by atoms with Crippen LogP contribution in [0.15, 0.2) is 5.51 Å². The number of hydrogen-bond acceptors (Lipinski definition) is 4. The SMILES string of the molecule is Cc1ncsc1C(=O)NCC1CCC(C(=O)O)CC1. The van der Waals surface area contributed by atoms with Crippen molar-refractivity contribution >= 4 is 23.2 Å². The normalized spacial score (nSPS) is 23.0. The number of hydrogen-bond donors (Lipinski definition) is 2. The lowest BCUT2D eigenvalue weighted by Gasteiger charge is -2.26. The second kappa shape index (κ2) is 6.14. The van der Waals surface area contributed by atoms with E-state index in [0.717, 1.165) is 31.4 Å². The first-order valence-corrected chi connectivity index (χ1v) is 7.37. The molecule has 0 unspecified atom stereocenters. The first-order chi connectivity index (χ1) is 9.08. The Hall–Kier alpha value is -1.43. The van der Waals surface area contributed by atoms with Crippen LogP contribution in [0.3, 0.4) is 0 Å². The molecule has 1 aromatic rings. The summed E-state index contributed by atoms with van der Waals surface area (Å²) in [5.41, 5.74) is 2.43. The van der Waals surface area contributed by atoms with Crippen LogP contribution in [0.1, 0.15) is 41.0 Å². The van der Waals surface area contributed by atoms with Gasteiger partial charge in [-0.05, 0) is 38.5 Å². The maximum absolute atomic E-state index is 11.9. The monoisotopic (exact) mass is 282 g/mol. The molecule has 0 aliphatic heterocycles. The smallest absolute Gasteiger partial charge is 0.306 e. The van der Waals surface area contributed by atoms with E-state index in [2.05, 4.69) is 10.3 Å². The third kappa shape index (κ3) is 3.53. The molecule has 0 radical (unpaired) electrons. The number of amides is 1. The highest BCUT2D eigenvalue weighted by molar-refractivity contribution is 7.11. The quantitative estimate of drug-likeness (QED) is 0.886. The summed E-state index contributed by atoms with van der Waals surface area (Å²) in [7, 11) is 0. The summed E-state index contributed by atoms with van der Waals surface area (Å²) in [6, 6.07) is 0. The van der Waals surface area contributed by atoms with Crippen LogP contribution in [-0.2, 0) is 4.79 Å². The molecule has 104 valence electrons. The summed E-state index contributed by atoms with van der Waals surface area (Å²) < 4.78 is 0. The number of nitrogens with zero attached hydrogens (tertiary/aromatic N) is 1. The van der Waals surface area contributed by atoms with Crippen molar-refractivity contribution in [2.45, 2.75) is 32.6 Å². The minimum Gasteiger partial charge on any atom is -0.481 e. The van der Waals surface area contributed by atoms with Crippen molar-refractivity contribution in [3.05, 3.63) is 16.1 Å². The van der Waals surface area contributed by atoms with Crippen LogP contribution in [0.5, 0.6) is 0 Å². The van der Waals surface area contributed by atoms with E-state index in [1.807, 2.05) is 6.92 Å². The van der Waals surface area contributed by atoms with Gasteiger partial charge in [-0.15, -0.1) is 11.3 Å². The molecule has 1 amide bonds. The Balaban J connectivity index is 1.77. The number of aliphatic carboxylic acids is 1. The highest BCUT2D eigenvalue weighted by Crippen LogP contribution is 2.28. The van der Waals surface area contributed by atoms with Gasteiger partial charge in [0.2, 0.25) is 0 Å². The van der Waals surface area contributed by atoms with Crippen molar-refractivity contribution in [3.63, 3.8) is 0 Å². The molecule has 0 bridgehead atoms. The Morgan fingerprint density at radius 3 is 2.63 bits per heavy atom. The lowest BCUT2D eigenvalue weighted by atomic mass is 9.82. The third-order valence-electron chi connectivity index (χ3n) is 3.70. The molecular formula is C13H18N2O3S. The zero-order valence-corrected chi connectivity index (χ0v) is 11.7. The molecular weight excluding hydrogens is 264 g/mol. The number of carboxylic acid groups (broad SMARTS) is 1. The summed E-state index contributed by atoms with van der Waals surface area (Å²) in [6.07, 6.45) is 3.18. The van der Waals surface area contributed by atoms with Crippen molar-refractivity contribution in [1.82, 2.24) is 10.3 Å². The molecule has 2 N–H and O–H groups in total. The minimum atomic E-state index is -0.692. The zero-order valence-electron chi connectivity index (χ0n) is 10.9. The molecule has 1 aliphatic carbocycles. The van der Waals surface area contributed by atoms with Crippen LogP contribution in [0.25, 0.3) is 0 Å². The van der Waals surface area contributed by atoms with Crippen LogP contribution in [0, 0.1) is 18.8 Å². The van der Waals surface area contributed by atoms with E-state index in [1.54, 1.807) is 5.51 Å². The molecule has 1 heterocycles. The van der Waals surface area contributed by atoms with Gasteiger partial charge < -0.3 is 10.4 Å². The molecule has 0 saturated heterocycles. The van der Waals surface area contributed by atoms with Crippen molar-refractivity contribution in [1.29, 1.82) is 0 Å². The third-order valence-corrected chi connectivity index (χ3v) is 4.63. The standard InChI is InChI=1S/C13H18N2O3S/c1-8-11(19-7-15-8)12(16)14-6-9-2-4-10(5-3-9)13(17)18/h7,9-10H,2-6H2,1H3,(H,14,16)(H,17,18). The molecule has 0 atom stereocenters. The molecule has 1 aliphatic rings. The number of carbonyl (C=O) groups excluding carboxylic acids is 1. The predicted octanol–water partition coefficient (Wildman–Crippen LogP) is 2.07. The molecule has 2 rings (SSSR count). The molecule has 6 heteroatoms. The number of thiazole rings is 1. The van der Waals surface area contributed by atoms with E-state index < -0.39 is 5.97 Å². The lowest BCUT2D eigenvalue weighted by molar-refractivity contribution is -0.143. The van der Waals surface area contributed by atoms with Gasteiger partial charge >= 0.3 is 5.97 Å². The summed E-state index contributed by atoms with van der Waals surface area (Å²) in [5.74, 6) is -0.563. The molecule has 1 aromatic heterocycles. The van der Waals surface area contributed by atoms with Gasteiger partial charge in [0.05, 0.1) is 17.1 Å². The maximum Gasteiger partial charge on any atom is 0.306 e. The van der Waals surface area contributed by atoms with Crippen molar-refractivity contribution in [2.75, 3.05) is 6.54 Å². The van der Waals surface area contributed by atoms with E-state index in [-0.39, 0.29) is 11.8 Å². The predicted molar refractivity (Wildman–Crippen MR) is 72.3 cm³/mol. The summed E-state index contributed by atoms with van der Waals surface area (Å²) in [4.78, 5) is 27.5. The Bertz CT molecular complexity index is 464. The van der Waals surface area contributed by atoms with Crippen molar-refractivity contribution < 1.29 is 14.7 Å². The second-order valence-corrected chi connectivity index (χ2v) is 5.89. The minimum absolute atomic E-state index is 0.0691. The van der Waals surface area contributed by atoms with Crippen molar-refractivity contribution in [2.24, 2.45) is 11.8 Å². The Kier molecular flexibility index (Phi) is 4.52. The van der Waals surface area contributed by atoms with E-state index >= 15 is 0 Å². The number of carbonyl (C=O) groups is 2. The van der Waals surface area contributed by atoms with Crippen LogP contribution >= 0.6 is 11.3 Å². The van der Waals surface area contributed by atoms with Gasteiger partial charge in [-0.2, -0.15) is 0 Å². The summed E-state index contributed by atoms with van der Waals surface area (Å²) in [6.45, 7) is 2.45. The largest absolute Gasteiger partial charge is 0.481 e. The first kappa shape index (κ1) is 14.0. The van der Waals surface area contributed by atoms with Crippen LogP contribution in [-0.4, -0.2) is 28.5 Å². The lowest BCUT2D eigenvalue weighted by Crippen LogP contribution is -2.32. The Morgan fingerprint density at radius 2 is 2.11 bits per heavy atom. The number of aryl methyl sites for hydroxylation is 1. The first-order valence-electron chi connectivity index (χ1n) is 6.49. The van der Waals surface area contributed by atoms with Gasteiger partial charge in [0.1, 0.15) is 4.88 Å². The number of carboxylic acids is 1. The van der Waals surface area contributed by atoms with Gasteiger partial charge in [0, 0.05) is 6.54 Å². The summed E-state index contributed by atoms with van der Waals surface area (Å²) >= 11 is 1.35. The number of rotatable bonds is 4. The Labute approximate surface area is 116 Å². The highest BCUT2D eigenvalue weighted by atomic mass is 32.1. The molecule has 19 heavy (non-hydrogen) atoms. The van der Waals surface area contributed by atoms with Crippen LogP contribution in [0.2, 0.25) is 0 Å². The van der Waals surface area contributed by atoms with E-state index in [4.69, 9.17) is 5.11 Å². The van der Waals surface area contributed by atoms with Gasteiger partial charge in [0.15, 0.2) is 0 Å². The molecule has 5 nitrogen and oxygen atoms in total. The van der Waals surface area contributed by atoms with Gasteiger partial charge in [-0.1, -0.05) is 0 Å². The van der Waals surface area contributed by atoms with E-state index in [0.29, 0.717) is 17.3 Å². The van der Waals surface area contributed by atoms with E-state index in [9.17, 15) is 9.59 Å². The van der Waals surface area contributed by atoms with Crippen molar-refractivity contribution in [3.8, 4) is 0 Å². The van der Waals surface area contributed by atoms with Gasteiger partial charge in [-0.3, -0.25) is 9.59 Å². The summed E-state index contributed by atoms with van der Waals surface area (Å²) in [5, 5.41) is 11.8. The fourth-order valence-electron chi connectivity index (χ4n) is 2.45. The number of aromatic nitrogens is 1. The van der Waals surface area contributed by atoms with Crippen LogP contribution in [0.4, 0.5) is 0 Å². The van der Waals surface area contributed by atoms with Gasteiger partial charge in [0.25, 0.3) is 5.91 Å². The van der Waals surface area contributed by atoms with E-state index in [1.165, 1.54) is 11.3 Å². The molecule has 0 aromatic carbocycles. The fourth-order valence-corrected chi connectivity index (χ4v) is 3.17. The molecule has 1 fully saturated rings.